The van der Waals surface area contributed by atoms with Crippen LogP contribution >= 0.6 is 0 Å². The lowest BCUT2D eigenvalue weighted by atomic mass is 9.80. The van der Waals surface area contributed by atoms with Crippen molar-refractivity contribution in [2.75, 3.05) is 20.6 Å². The molecule has 2 rings (SSSR count). The topological polar surface area (TPSA) is 41.3 Å². The average Bonchev–Trinajstić information content (AvgIpc) is 2.24. The summed E-state index contributed by atoms with van der Waals surface area (Å²) in [5.74, 6) is 6.42. The van der Waals surface area contributed by atoms with Crippen LogP contribution in [0.1, 0.15) is 42.3 Å². The lowest BCUT2D eigenvalue weighted by Crippen LogP contribution is -2.35. The van der Waals surface area contributed by atoms with Gasteiger partial charge in [0.2, 0.25) is 0 Å². The molecule has 0 spiro atoms. The van der Waals surface area contributed by atoms with E-state index in [2.05, 4.69) is 48.7 Å². The molecule has 0 saturated heterocycles. The zero-order valence-corrected chi connectivity index (χ0v) is 10.8. The molecular formula is C14H23N3. The fourth-order valence-corrected chi connectivity index (χ4v) is 2.36. The second-order valence-electron chi connectivity index (χ2n) is 5.28. The van der Waals surface area contributed by atoms with Gasteiger partial charge in [-0.2, -0.15) is 0 Å². The number of nitrogens with zero attached hydrogens (tertiary/aromatic N) is 1. The Kier molecular flexibility index (Phi) is 4.15. The molecule has 1 unspecified atom stereocenters. The van der Waals surface area contributed by atoms with Gasteiger partial charge in [-0.15, -0.1) is 0 Å². The average molecular weight is 233 g/mol. The van der Waals surface area contributed by atoms with Crippen molar-refractivity contribution in [2.24, 2.45) is 5.84 Å². The van der Waals surface area contributed by atoms with Crippen molar-refractivity contribution in [3.05, 3.63) is 35.4 Å². The molecule has 1 fully saturated rings. The quantitative estimate of drug-likeness (QED) is 0.604. The molecule has 3 heteroatoms. The number of nitrogens with one attached hydrogen (secondary N) is 1. The fraction of sp³-hybridized carbons (Fsp3) is 0.571. The lowest BCUT2D eigenvalue weighted by molar-refractivity contribution is 0.344. The maximum Gasteiger partial charge on any atom is 0.0586 e. The number of hydrogen-bond acceptors (Lipinski definition) is 3. The van der Waals surface area contributed by atoms with E-state index in [1.165, 1.54) is 30.4 Å². The van der Waals surface area contributed by atoms with Crippen LogP contribution < -0.4 is 11.3 Å². The highest BCUT2D eigenvalue weighted by atomic mass is 15.3. The van der Waals surface area contributed by atoms with E-state index in [1.807, 2.05) is 0 Å². The van der Waals surface area contributed by atoms with Gasteiger partial charge in [0.15, 0.2) is 0 Å². The summed E-state index contributed by atoms with van der Waals surface area (Å²) in [4.78, 5) is 2.14. The van der Waals surface area contributed by atoms with Gasteiger partial charge in [0.05, 0.1) is 6.04 Å². The van der Waals surface area contributed by atoms with Gasteiger partial charge in [-0.1, -0.05) is 30.7 Å². The van der Waals surface area contributed by atoms with Gasteiger partial charge in [0.25, 0.3) is 0 Å². The number of nitrogens with two attached hydrogens (primary N) is 1. The summed E-state index contributed by atoms with van der Waals surface area (Å²) >= 11 is 0. The number of benzene rings is 1. The lowest BCUT2D eigenvalue weighted by Gasteiger charge is -2.26. The zero-order chi connectivity index (χ0) is 12.3. The minimum atomic E-state index is 0.209. The van der Waals surface area contributed by atoms with E-state index in [0.717, 1.165) is 12.5 Å². The number of likely N-dealkylation sites (N-methyl/N-ethyl adjacent to an activating group) is 1. The monoisotopic (exact) mass is 233 g/mol. The molecule has 0 aliphatic heterocycles. The van der Waals surface area contributed by atoms with Gasteiger partial charge in [-0.05, 0) is 44.0 Å². The summed E-state index contributed by atoms with van der Waals surface area (Å²) in [6, 6.07) is 9.15. The molecule has 1 aromatic carbocycles. The number of hydrazine groups is 1. The van der Waals surface area contributed by atoms with E-state index in [9.17, 15) is 0 Å². The summed E-state index contributed by atoms with van der Waals surface area (Å²) in [5, 5.41) is 0. The molecule has 1 aromatic rings. The maximum atomic E-state index is 5.61. The van der Waals surface area contributed by atoms with Gasteiger partial charge in [-0.3, -0.25) is 11.3 Å². The Morgan fingerprint density at radius 3 is 2.35 bits per heavy atom. The van der Waals surface area contributed by atoms with Crippen molar-refractivity contribution in [3.63, 3.8) is 0 Å². The molecule has 1 atom stereocenters. The summed E-state index contributed by atoms with van der Waals surface area (Å²) in [6.07, 6.45) is 4.10. The molecule has 1 saturated carbocycles. The standard InChI is InChI=1S/C14H23N3/c1-17(2)10-14(16-15)13-8-6-12(7-9-13)11-4-3-5-11/h6-9,11,14,16H,3-5,10,15H2,1-2H3. The summed E-state index contributed by atoms with van der Waals surface area (Å²) in [6.45, 7) is 0.916. The van der Waals surface area contributed by atoms with Crippen LogP contribution in [0.15, 0.2) is 24.3 Å². The molecule has 0 aromatic heterocycles. The van der Waals surface area contributed by atoms with Crippen LogP contribution in [0.2, 0.25) is 0 Å². The molecule has 3 N–H and O–H groups in total. The first-order valence-electron chi connectivity index (χ1n) is 6.41. The van der Waals surface area contributed by atoms with E-state index >= 15 is 0 Å². The van der Waals surface area contributed by atoms with Crippen molar-refractivity contribution >= 4 is 0 Å². The fourth-order valence-electron chi connectivity index (χ4n) is 2.36. The first kappa shape index (κ1) is 12.6. The van der Waals surface area contributed by atoms with Gasteiger partial charge in [-0.25, -0.2) is 0 Å². The van der Waals surface area contributed by atoms with Crippen LogP contribution in [-0.4, -0.2) is 25.5 Å². The van der Waals surface area contributed by atoms with Crippen LogP contribution in [0.4, 0.5) is 0 Å². The molecule has 0 bridgehead atoms. The van der Waals surface area contributed by atoms with E-state index < -0.39 is 0 Å². The Labute approximate surface area is 104 Å². The third kappa shape index (κ3) is 3.06. The molecule has 94 valence electrons. The Morgan fingerprint density at radius 1 is 1.29 bits per heavy atom. The minimum absolute atomic E-state index is 0.209. The summed E-state index contributed by atoms with van der Waals surface area (Å²) in [7, 11) is 4.13. The second-order valence-corrected chi connectivity index (χ2v) is 5.28. The Balaban J connectivity index is 2.04. The van der Waals surface area contributed by atoms with Gasteiger partial charge < -0.3 is 4.90 Å². The Hall–Kier alpha value is -0.900. The molecule has 17 heavy (non-hydrogen) atoms. The first-order valence-corrected chi connectivity index (χ1v) is 6.41. The van der Waals surface area contributed by atoms with E-state index in [1.54, 1.807) is 0 Å². The highest BCUT2D eigenvalue weighted by Crippen LogP contribution is 2.36. The normalized spacial score (nSPS) is 18.1. The van der Waals surface area contributed by atoms with Crippen LogP contribution in [0.25, 0.3) is 0 Å². The SMILES string of the molecule is CN(C)CC(NN)c1ccc(C2CCC2)cc1. The van der Waals surface area contributed by atoms with Gasteiger partial charge >= 0.3 is 0 Å². The van der Waals surface area contributed by atoms with Crippen molar-refractivity contribution in [1.82, 2.24) is 10.3 Å². The predicted molar refractivity (Wildman–Crippen MR) is 71.7 cm³/mol. The van der Waals surface area contributed by atoms with Gasteiger partial charge in [0.1, 0.15) is 0 Å². The van der Waals surface area contributed by atoms with Gasteiger partial charge in [0, 0.05) is 6.54 Å². The van der Waals surface area contributed by atoms with Crippen molar-refractivity contribution in [1.29, 1.82) is 0 Å². The highest BCUT2D eigenvalue weighted by molar-refractivity contribution is 5.28. The molecule has 0 amide bonds. The molecule has 3 nitrogen and oxygen atoms in total. The van der Waals surface area contributed by atoms with Crippen LogP contribution in [0.5, 0.6) is 0 Å². The third-order valence-corrected chi connectivity index (χ3v) is 3.66. The smallest absolute Gasteiger partial charge is 0.0586 e. The first-order chi connectivity index (χ1) is 8.20. The molecule has 1 aliphatic carbocycles. The molecular weight excluding hydrogens is 210 g/mol. The molecule has 0 heterocycles. The number of hydrogen-bond donors (Lipinski definition) is 2. The highest BCUT2D eigenvalue weighted by Gasteiger charge is 2.19. The summed E-state index contributed by atoms with van der Waals surface area (Å²) < 4.78 is 0. The summed E-state index contributed by atoms with van der Waals surface area (Å²) in [5.41, 5.74) is 5.64. The predicted octanol–water partition coefficient (Wildman–Crippen LogP) is 2.02. The maximum absolute atomic E-state index is 5.61. The Morgan fingerprint density at radius 2 is 1.94 bits per heavy atom. The zero-order valence-electron chi connectivity index (χ0n) is 10.8. The van der Waals surface area contributed by atoms with E-state index in [4.69, 9.17) is 5.84 Å². The molecule has 0 radical (unpaired) electrons. The van der Waals surface area contributed by atoms with Crippen molar-refractivity contribution in [2.45, 2.75) is 31.2 Å². The van der Waals surface area contributed by atoms with E-state index in [0.29, 0.717) is 0 Å². The number of rotatable bonds is 5. The second kappa shape index (κ2) is 5.63. The van der Waals surface area contributed by atoms with Crippen LogP contribution in [0, 0.1) is 0 Å². The van der Waals surface area contributed by atoms with Crippen LogP contribution in [0.3, 0.4) is 0 Å². The van der Waals surface area contributed by atoms with Crippen LogP contribution in [-0.2, 0) is 0 Å². The Bertz CT molecular complexity index is 341. The largest absolute Gasteiger partial charge is 0.307 e. The molecule has 1 aliphatic rings. The minimum Gasteiger partial charge on any atom is -0.307 e. The van der Waals surface area contributed by atoms with Crippen molar-refractivity contribution in [3.8, 4) is 0 Å². The van der Waals surface area contributed by atoms with Crippen molar-refractivity contribution < 1.29 is 0 Å². The third-order valence-electron chi connectivity index (χ3n) is 3.66. The van der Waals surface area contributed by atoms with E-state index in [-0.39, 0.29) is 6.04 Å².